The first kappa shape index (κ1) is 11.4. The number of benzene rings is 1. The van der Waals surface area contributed by atoms with E-state index < -0.39 is 0 Å². The van der Waals surface area contributed by atoms with Crippen LogP contribution in [0.4, 0.5) is 5.69 Å². The zero-order valence-corrected chi connectivity index (χ0v) is 10.8. The van der Waals surface area contributed by atoms with Gasteiger partial charge in [-0.15, -0.1) is 11.8 Å². The molecule has 1 fully saturated rings. The third kappa shape index (κ3) is 2.45. The van der Waals surface area contributed by atoms with Crippen molar-refractivity contribution in [1.82, 2.24) is 0 Å². The lowest BCUT2D eigenvalue weighted by Crippen LogP contribution is -2.17. The highest BCUT2D eigenvalue weighted by molar-refractivity contribution is 7.99. The summed E-state index contributed by atoms with van der Waals surface area (Å²) in [6.45, 7) is 1.08. The number of rotatable bonds is 1. The van der Waals surface area contributed by atoms with Crippen LogP contribution < -0.4 is 5.32 Å². The first-order valence-corrected chi connectivity index (χ1v) is 7.50. The molecule has 0 radical (unpaired) electrons. The predicted octanol–water partition coefficient (Wildman–Crippen LogP) is 3.22. The van der Waals surface area contributed by atoms with Gasteiger partial charge >= 0.3 is 0 Å². The summed E-state index contributed by atoms with van der Waals surface area (Å²) in [5, 5.41) is 13.0. The summed E-state index contributed by atoms with van der Waals surface area (Å²) in [6, 6.07) is 6.84. The maximum Gasteiger partial charge on any atom is 0.0540 e. The molecule has 1 aromatic rings. The van der Waals surface area contributed by atoms with E-state index >= 15 is 0 Å². The van der Waals surface area contributed by atoms with Gasteiger partial charge in [0.2, 0.25) is 0 Å². The van der Waals surface area contributed by atoms with Crippen molar-refractivity contribution in [2.75, 3.05) is 17.6 Å². The van der Waals surface area contributed by atoms with Crippen molar-refractivity contribution in [1.29, 1.82) is 0 Å². The molecule has 2 nitrogen and oxygen atoms in total. The molecule has 1 aliphatic heterocycles. The maximum atomic E-state index is 9.55. The van der Waals surface area contributed by atoms with E-state index in [9.17, 15) is 5.11 Å². The highest BCUT2D eigenvalue weighted by Crippen LogP contribution is 2.38. The molecule has 2 aliphatic rings. The van der Waals surface area contributed by atoms with E-state index in [-0.39, 0.29) is 6.10 Å². The molecule has 2 N–H and O–H groups in total. The molecule has 92 valence electrons. The summed E-state index contributed by atoms with van der Waals surface area (Å²) >= 11 is 1.96. The van der Waals surface area contributed by atoms with Crippen molar-refractivity contribution in [3.05, 3.63) is 23.8 Å². The Labute approximate surface area is 107 Å². The van der Waals surface area contributed by atoms with Crippen LogP contribution in [0.2, 0.25) is 0 Å². The van der Waals surface area contributed by atoms with Gasteiger partial charge in [-0.25, -0.2) is 0 Å². The number of aliphatic hydroxyl groups is 1. The monoisotopic (exact) mass is 249 g/mol. The van der Waals surface area contributed by atoms with Crippen LogP contribution in [0.25, 0.3) is 0 Å². The van der Waals surface area contributed by atoms with E-state index in [0.717, 1.165) is 32.2 Å². The Morgan fingerprint density at radius 2 is 2.00 bits per heavy atom. The Morgan fingerprint density at radius 1 is 1.18 bits per heavy atom. The molecule has 1 heterocycles. The number of hydrogen-bond acceptors (Lipinski definition) is 3. The van der Waals surface area contributed by atoms with Crippen molar-refractivity contribution in [2.24, 2.45) is 0 Å². The fourth-order valence-corrected chi connectivity index (χ4v) is 3.75. The fraction of sp³-hybridized carbons (Fsp3) is 0.571. The molecule has 0 spiro atoms. The van der Waals surface area contributed by atoms with Crippen LogP contribution in [0.3, 0.4) is 0 Å². The van der Waals surface area contributed by atoms with E-state index in [2.05, 4.69) is 23.5 Å². The average Bonchev–Trinajstić information content (AvgIpc) is 2.39. The minimum Gasteiger partial charge on any atom is -0.393 e. The van der Waals surface area contributed by atoms with Crippen LogP contribution in [-0.2, 0) is 0 Å². The van der Waals surface area contributed by atoms with Crippen LogP contribution in [0, 0.1) is 0 Å². The predicted molar refractivity (Wildman–Crippen MR) is 72.9 cm³/mol. The normalized spacial score (nSPS) is 28.3. The van der Waals surface area contributed by atoms with E-state index in [1.165, 1.54) is 21.9 Å². The van der Waals surface area contributed by atoms with E-state index in [1.807, 2.05) is 11.8 Å². The number of fused-ring (bicyclic) bond motifs is 1. The molecule has 3 rings (SSSR count). The van der Waals surface area contributed by atoms with Crippen molar-refractivity contribution in [3.8, 4) is 0 Å². The molecule has 0 aromatic heterocycles. The van der Waals surface area contributed by atoms with Crippen LogP contribution in [0.1, 0.15) is 37.2 Å². The average molecular weight is 249 g/mol. The van der Waals surface area contributed by atoms with Crippen molar-refractivity contribution >= 4 is 17.4 Å². The van der Waals surface area contributed by atoms with E-state index in [1.54, 1.807) is 0 Å². The number of aliphatic hydroxyl groups excluding tert-OH is 1. The lowest BCUT2D eigenvalue weighted by atomic mass is 9.83. The molecule has 3 heteroatoms. The quantitative estimate of drug-likeness (QED) is 0.801. The first-order chi connectivity index (χ1) is 8.33. The Balaban J connectivity index is 1.79. The van der Waals surface area contributed by atoms with Gasteiger partial charge < -0.3 is 10.4 Å². The summed E-state index contributed by atoms with van der Waals surface area (Å²) in [7, 11) is 0. The summed E-state index contributed by atoms with van der Waals surface area (Å²) in [5.41, 5.74) is 2.76. The van der Waals surface area contributed by atoms with Crippen molar-refractivity contribution in [2.45, 2.75) is 42.6 Å². The smallest absolute Gasteiger partial charge is 0.0540 e. The maximum absolute atomic E-state index is 9.55. The number of nitrogens with one attached hydrogen (secondary N) is 1. The standard InChI is InChI=1S/C14H19NOS/c16-12-4-1-10(2-5-12)11-3-6-13-14(9-11)17-8-7-15-13/h3,6,9-10,12,15-16H,1-2,4-5,7-8H2. The van der Waals surface area contributed by atoms with Gasteiger partial charge in [-0.05, 0) is 49.3 Å². The molecule has 0 unspecified atom stereocenters. The molecule has 1 saturated carbocycles. The second-order valence-electron chi connectivity index (χ2n) is 5.04. The molecule has 0 bridgehead atoms. The van der Waals surface area contributed by atoms with Crippen molar-refractivity contribution in [3.63, 3.8) is 0 Å². The van der Waals surface area contributed by atoms with Crippen LogP contribution in [0.5, 0.6) is 0 Å². The Hall–Kier alpha value is -0.670. The molecule has 17 heavy (non-hydrogen) atoms. The SMILES string of the molecule is OC1CCC(c2ccc3c(c2)SCCN3)CC1. The van der Waals surface area contributed by atoms with Gasteiger partial charge in [0, 0.05) is 22.9 Å². The zero-order chi connectivity index (χ0) is 11.7. The van der Waals surface area contributed by atoms with Gasteiger partial charge in [0.15, 0.2) is 0 Å². The lowest BCUT2D eigenvalue weighted by Gasteiger charge is -2.27. The van der Waals surface area contributed by atoms with Gasteiger partial charge in [0.05, 0.1) is 6.10 Å². The van der Waals surface area contributed by atoms with Crippen LogP contribution in [-0.4, -0.2) is 23.5 Å². The van der Waals surface area contributed by atoms with Crippen molar-refractivity contribution < 1.29 is 5.11 Å². The van der Waals surface area contributed by atoms with Crippen LogP contribution in [0.15, 0.2) is 23.1 Å². The first-order valence-electron chi connectivity index (χ1n) is 6.51. The Morgan fingerprint density at radius 3 is 2.82 bits per heavy atom. The Kier molecular flexibility index (Phi) is 3.30. The van der Waals surface area contributed by atoms with Gasteiger partial charge in [-0.1, -0.05) is 6.07 Å². The second kappa shape index (κ2) is 4.91. The molecule has 1 aliphatic carbocycles. The molecule has 0 amide bonds. The summed E-state index contributed by atoms with van der Waals surface area (Å²) < 4.78 is 0. The largest absolute Gasteiger partial charge is 0.393 e. The third-order valence-corrected chi connectivity index (χ3v) is 4.91. The molecular weight excluding hydrogens is 230 g/mol. The van der Waals surface area contributed by atoms with Gasteiger partial charge in [-0.2, -0.15) is 0 Å². The number of hydrogen-bond donors (Lipinski definition) is 2. The summed E-state index contributed by atoms with van der Waals surface area (Å²) in [4.78, 5) is 1.40. The van der Waals surface area contributed by atoms with E-state index in [0.29, 0.717) is 5.92 Å². The third-order valence-electron chi connectivity index (χ3n) is 3.85. The zero-order valence-electron chi connectivity index (χ0n) is 9.98. The summed E-state index contributed by atoms with van der Waals surface area (Å²) in [6.07, 6.45) is 4.15. The van der Waals surface area contributed by atoms with Gasteiger partial charge in [-0.3, -0.25) is 0 Å². The highest BCUT2D eigenvalue weighted by Gasteiger charge is 2.21. The Bertz CT molecular complexity index is 399. The number of thioether (sulfide) groups is 1. The second-order valence-corrected chi connectivity index (χ2v) is 6.17. The fourth-order valence-electron chi connectivity index (χ4n) is 2.81. The van der Waals surface area contributed by atoms with Gasteiger partial charge in [0.1, 0.15) is 0 Å². The number of anilines is 1. The topological polar surface area (TPSA) is 32.3 Å². The lowest BCUT2D eigenvalue weighted by molar-refractivity contribution is 0.122. The molecule has 0 atom stereocenters. The minimum atomic E-state index is -0.0556. The summed E-state index contributed by atoms with van der Waals surface area (Å²) in [5.74, 6) is 1.83. The highest BCUT2D eigenvalue weighted by atomic mass is 32.2. The molecule has 1 aromatic carbocycles. The van der Waals surface area contributed by atoms with Gasteiger partial charge in [0.25, 0.3) is 0 Å². The van der Waals surface area contributed by atoms with E-state index in [4.69, 9.17) is 0 Å². The van der Waals surface area contributed by atoms with Crippen LogP contribution >= 0.6 is 11.8 Å². The minimum absolute atomic E-state index is 0.0556. The molecular formula is C14H19NOS. The molecule has 0 saturated heterocycles.